The third-order valence-electron chi connectivity index (χ3n) is 3.17. The van der Waals surface area contributed by atoms with Crippen LogP contribution < -0.4 is 10.6 Å². The number of hydrogen-bond donors (Lipinski definition) is 2. The van der Waals surface area contributed by atoms with E-state index in [2.05, 4.69) is 5.16 Å². The highest BCUT2D eigenvalue weighted by Gasteiger charge is 2.35. The van der Waals surface area contributed by atoms with Crippen LogP contribution in [0.5, 0.6) is 0 Å². The lowest BCUT2D eigenvalue weighted by molar-refractivity contribution is -0.137. The third-order valence-corrected chi connectivity index (χ3v) is 3.98. The molecule has 0 aliphatic carbocycles. The van der Waals surface area contributed by atoms with Crippen LogP contribution in [0.1, 0.15) is 18.1 Å². The van der Waals surface area contributed by atoms with E-state index in [0.29, 0.717) is 5.69 Å². The van der Waals surface area contributed by atoms with E-state index in [9.17, 15) is 13.2 Å². The van der Waals surface area contributed by atoms with E-state index in [4.69, 9.17) is 10.9 Å². The molecule has 0 aliphatic rings. The van der Waals surface area contributed by atoms with Crippen LogP contribution in [0.2, 0.25) is 0 Å². The van der Waals surface area contributed by atoms with Gasteiger partial charge < -0.3 is 15.8 Å². The van der Waals surface area contributed by atoms with Crippen molar-refractivity contribution in [2.24, 2.45) is 10.9 Å². The predicted molar refractivity (Wildman–Crippen MR) is 80.2 cm³/mol. The first kappa shape index (κ1) is 17.5. The number of halogens is 3. The van der Waals surface area contributed by atoms with Gasteiger partial charge in [-0.1, -0.05) is 5.16 Å². The lowest BCUT2D eigenvalue weighted by Crippen LogP contribution is -2.31. The molecule has 0 amide bonds. The minimum absolute atomic E-state index is 0.0794. The zero-order valence-electron chi connectivity index (χ0n) is 12.0. The summed E-state index contributed by atoms with van der Waals surface area (Å²) in [5.41, 5.74) is 4.49. The SMILES string of the molecule is CSCC(C)N(C)c1ccc(/C(N)=N/O)c(C(F)(F)F)c1. The van der Waals surface area contributed by atoms with E-state index in [0.717, 1.165) is 11.8 Å². The fourth-order valence-corrected chi connectivity index (χ4v) is 2.58. The van der Waals surface area contributed by atoms with E-state index in [1.165, 1.54) is 12.1 Å². The van der Waals surface area contributed by atoms with Crippen molar-refractivity contribution >= 4 is 23.3 Å². The van der Waals surface area contributed by atoms with Gasteiger partial charge in [-0.15, -0.1) is 0 Å². The molecule has 3 N–H and O–H groups in total. The molecule has 4 nitrogen and oxygen atoms in total. The Morgan fingerprint density at radius 1 is 1.48 bits per heavy atom. The van der Waals surface area contributed by atoms with Gasteiger partial charge in [0.25, 0.3) is 0 Å². The monoisotopic (exact) mass is 321 g/mol. The number of alkyl halides is 3. The second kappa shape index (κ2) is 6.93. The maximum Gasteiger partial charge on any atom is 0.417 e. The third kappa shape index (κ3) is 4.20. The molecule has 21 heavy (non-hydrogen) atoms. The summed E-state index contributed by atoms with van der Waals surface area (Å²) in [5.74, 6) is 0.230. The molecular weight excluding hydrogens is 303 g/mol. The smallest absolute Gasteiger partial charge is 0.409 e. The molecule has 1 rings (SSSR count). The minimum atomic E-state index is -4.58. The number of thioether (sulfide) groups is 1. The molecule has 0 radical (unpaired) electrons. The molecule has 8 heteroatoms. The Labute approximate surface area is 125 Å². The largest absolute Gasteiger partial charge is 0.417 e. The van der Waals surface area contributed by atoms with Gasteiger partial charge in [0, 0.05) is 30.1 Å². The first-order valence-electron chi connectivity index (χ1n) is 6.13. The van der Waals surface area contributed by atoms with Crippen LogP contribution in [0.15, 0.2) is 23.4 Å². The fourth-order valence-electron chi connectivity index (χ4n) is 1.87. The summed E-state index contributed by atoms with van der Waals surface area (Å²) in [7, 11) is 1.74. The first-order valence-corrected chi connectivity index (χ1v) is 7.52. The number of rotatable bonds is 5. The van der Waals surface area contributed by atoms with Gasteiger partial charge in [-0.2, -0.15) is 24.9 Å². The molecule has 118 valence electrons. The lowest BCUT2D eigenvalue weighted by atomic mass is 10.0. The molecule has 0 aliphatic heterocycles. The van der Waals surface area contributed by atoms with Crippen LogP contribution in [0, 0.1) is 0 Å². The summed E-state index contributed by atoms with van der Waals surface area (Å²) in [6, 6.07) is 3.84. The van der Waals surface area contributed by atoms with Crippen molar-refractivity contribution in [2.75, 3.05) is 24.0 Å². The number of amidine groups is 1. The number of nitrogens with zero attached hydrogens (tertiary/aromatic N) is 2. The molecule has 1 aromatic rings. The molecule has 0 heterocycles. The van der Waals surface area contributed by atoms with E-state index in [-0.39, 0.29) is 11.6 Å². The summed E-state index contributed by atoms with van der Waals surface area (Å²) < 4.78 is 39.4. The van der Waals surface area contributed by atoms with Gasteiger partial charge >= 0.3 is 6.18 Å². The summed E-state index contributed by atoms with van der Waals surface area (Å²) in [4.78, 5) is 1.77. The second-order valence-electron chi connectivity index (χ2n) is 4.63. The van der Waals surface area contributed by atoms with Gasteiger partial charge in [0.05, 0.1) is 5.56 Å². The van der Waals surface area contributed by atoms with Crippen molar-refractivity contribution in [1.29, 1.82) is 0 Å². The standard InChI is InChI=1S/C13H18F3N3OS/c1-8(7-21-3)19(2)9-4-5-10(12(17)18-20)11(6-9)13(14,15)16/h4-6,8,20H,7H2,1-3H3,(H2,17,18). The Balaban J connectivity index is 3.28. The molecular formula is C13H18F3N3OS. The van der Waals surface area contributed by atoms with E-state index in [1.807, 2.05) is 13.2 Å². The molecule has 0 fully saturated rings. The van der Waals surface area contributed by atoms with Gasteiger partial charge in [-0.3, -0.25) is 0 Å². The zero-order chi connectivity index (χ0) is 16.2. The quantitative estimate of drug-likeness (QED) is 0.379. The van der Waals surface area contributed by atoms with Crippen LogP contribution in [-0.2, 0) is 6.18 Å². The van der Waals surface area contributed by atoms with Crippen molar-refractivity contribution in [3.05, 3.63) is 29.3 Å². The van der Waals surface area contributed by atoms with Crippen LogP contribution in [0.4, 0.5) is 18.9 Å². The number of benzene rings is 1. The summed E-state index contributed by atoms with van der Waals surface area (Å²) in [6.07, 6.45) is -2.64. The van der Waals surface area contributed by atoms with E-state index in [1.54, 1.807) is 23.7 Å². The fraction of sp³-hybridized carbons (Fsp3) is 0.462. The summed E-state index contributed by atoms with van der Waals surface area (Å²) in [5, 5.41) is 11.2. The highest BCUT2D eigenvalue weighted by atomic mass is 32.2. The molecule has 0 aromatic heterocycles. The van der Waals surface area contributed by atoms with Gasteiger partial charge in [0.1, 0.15) is 0 Å². The molecule has 1 unspecified atom stereocenters. The maximum atomic E-state index is 13.1. The average molecular weight is 321 g/mol. The van der Waals surface area contributed by atoms with Crippen LogP contribution in [-0.4, -0.2) is 36.1 Å². The van der Waals surface area contributed by atoms with Gasteiger partial charge in [0.2, 0.25) is 0 Å². The second-order valence-corrected chi connectivity index (χ2v) is 5.54. The van der Waals surface area contributed by atoms with Crippen molar-refractivity contribution in [3.8, 4) is 0 Å². The van der Waals surface area contributed by atoms with E-state index < -0.39 is 17.6 Å². The Morgan fingerprint density at radius 3 is 2.57 bits per heavy atom. The van der Waals surface area contributed by atoms with Gasteiger partial charge in [0.15, 0.2) is 5.84 Å². The molecule has 0 saturated carbocycles. The van der Waals surface area contributed by atoms with Crippen LogP contribution >= 0.6 is 11.8 Å². The predicted octanol–water partition coefficient (Wildman–Crippen LogP) is 2.99. The molecule has 1 aromatic carbocycles. The Bertz CT molecular complexity index is 520. The van der Waals surface area contributed by atoms with Crippen molar-refractivity contribution in [1.82, 2.24) is 0 Å². The molecule has 1 atom stereocenters. The van der Waals surface area contributed by atoms with Crippen molar-refractivity contribution in [2.45, 2.75) is 19.1 Å². The highest BCUT2D eigenvalue weighted by Crippen LogP contribution is 2.34. The van der Waals surface area contributed by atoms with Gasteiger partial charge in [-0.05, 0) is 31.4 Å². The lowest BCUT2D eigenvalue weighted by Gasteiger charge is -2.27. The van der Waals surface area contributed by atoms with Crippen LogP contribution in [0.25, 0.3) is 0 Å². The number of oxime groups is 1. The average Bonchev–Trinajstić information content (AvgIpc) is 2.44. The molecule has 0 saturated heterocycles. The normalized spacial score (nSPS) is 14.1. The minimum Gasteiger partial charge on any atom is -0.409 e. The van der Waals surface area contributed by atoms with E-state index >= 15 is 0 Å². The molecule has 0 spiro atoms. The highest BCUT2D eigenvalue weighted by molar-refractivity contribution is 7.98. The Hall–Kier alpha value is -1.57. The van der Waals surface area contributed by atoms with Crippen molar-refractivity contribution < 1.29 is 18.4 Å². The topological polar surface area (TPSA) is 61.8 Å². The first-order chi connectivity index (χ1) is 9.72. The summed E-state index contributed by atoms with van der Waals surface area (Å²) >= 11 is 1.62. The Kier molecular flexibility index (Phi) is 5.77. The molecule has 0 bridgehead atoms. The van der Waals surface area contributed by atoms with Crippen molar-refractivity contribution in [3.63, 3.8) is 0 Å². The maximum absolute atomic E-state index is 13.1. The van der Waals surface area contributed by atoms with Crippen LogP contribution in [0.3, 0.4) is 0 Å². The Morgan fingerprint density at radius 2 is 2.10 bits per heavy atom. The zero-order valence-corrected chi connectivity index (χ0v) is 12.8. The number of anilines is 1. The summed E-state index contributed by atoms with van der Waals surface area (Å²) in [6.45, 7) is 1.93. The number of nitrogens with two attached hydrogens (primary N) is 1. The number of hydrogen-bond acceptors (Lipinski definition) is 4. The van der Waals surface area contributed by atoms with Gasteiger partial charge in [-0.25, -0.2) is 0 Å².